The van der Waals surface area contributed by atoms with Crippen LogP contribution in [0.1, 0.15) is 38.2 Å². The number of nitrogens with zero attached hydrogens (tertiary/aromatic N) is 1. The lowest BCUT2D eigenvalue weighted by Gasteiger charge is -2.24. The van der Waals surface area contributed by atoms with Crippen LogP contribution in [0.25, 0.3) is 0 Å². The molecule has 0 radical (unpaired) electrons. The number of benzene rings is 1. The number of hydrogen-bond acceptors (Lipinski definition) is 2. The van der Waals surface area contributed by atoms with Crippen LogP contribution in [0.3, 0.4) is 0 Å². The van der Waals surface area contributed by atoms with Crippen molar-refractivity contribution < 1.29 is 14.5 Å². The summed E-state index contributed by atoms with van der Waals surface area (Å²) in [6.07, 6.45) is 6.27. The van der Waals surface area contributed by atoms with Crippen LogP contribution in [0.15, 0.2) is 34.4 Å². The molecule has 1 aliphatic rings. The molecule has 1 atom stereocenters. The van der Waals surface area contributed by atoms with Gasteiger partial charge in [0.15, 0.2) is 13.1 Å². The lowest BCUT2D eigenvalue weighted by molar-refractivity contribution is -0.862. The Morgan fingerprint density at radius 2 is 2.08 bits per heavy atom. The van der Waals surface area contributed by atoms with Crippen LogP contribution in [0.4, 0.5) is 5.69 Å². The van der Waals surface area contributed by atoms with Gasteiger partial charge >= 0.3 is 0 Å². The number of nitrogens with one attached hydrogen (secondary N) is 2. The van der Waals surface area contributed by atoms with Crippen LogP contribution in [0.2, 0.25) is 0 Å². The average Bonchev–Trinajstić information content (AvgIpc) is 3.09. The molecular formula is C20H29BrN3O2+. The van der Waals surface area contributed by atoms with Gasteiger partial charge in [0.1, 0.15) is 0 Å². The molecule has 1 aromatic carbocycles. The number of likely N-dealkylation sites (N-methyl/N-ethyl adjacent to an activating group) is 1. The first-order chi connectivity index (χ1) is 12.4. The van der Waals surface area contributed by atoms with Crippen molar-refractivity contribution in [3.8, 4) is 0 Å². The van der Waals surface area contributed by atoms with E-state index in [9.17, 15) is 9.59 Å². The first-order valence-corrected chi connectivity index (χ1v) is 10.1. The van der Waals surface area contributed by atoms with Crippen molar-refractivity contribution in [3.05, 3.63) is 40.0 Å². The predicted octanol–water partition coefficient (Wildman–Crippen LogP) is 2.52. The Bertz CT molecular complexity index is 688. The van der Waals surface area contributed by atoms with Crippen molar-refractivity contribution in [3.63, 3.8) is 0 Å². The van der Waals surface area contributed by atoms with Crippen molar-refractivity contribution in [2.45, 2.75) is 39.5 Å². The van der Waals surface area contributed by atoms with E-state index in [1.54, 1.807) is 0 Å². The molecular weight excluding hydrogens is 394 g/mol. The van der Waals surface area contributed by atoms with Gasteiger partial charge in [-0.05, 0) is 56.4 Å². The maximum atomic E-state index is 12.7. The van der Waals surface area contributed by atoms with E-state index in [0.29, 0.717) is 6.54 Å². The zero-order valence-corrected chi connectivity index (χ0v) is 17.5. The van der Waals surface area contributed by atoms with Gasteiger partial charge in [-0.2, -0.15) is 0 Å². The van der Waals surface area contributed by atoms with E-state index >= 15 is 0 Å². The van der Waals surface area contributed by atoms with E-state index in [-0.39, 0.29) is 18.4 Å². The Balaban J connectivity index is 1.88. The zero-order chi connectivity index (χ0) is 19.1. The highest BCUT2D eigenvalue weighted by Crippen LogP contribution is 2.22. The van der Waals surface area contributed by atoms with Gasteiger partial charge in [-0.15, -0.1) is 0 Å². The van der Waals surface area contributed by atoms with Crippen LogP contribution in [-0.4, -0.2) is 43.4 Å². The summed E-state index contributed by atoms with van der Waals surface area (Å²) in [4.78, 5) is 27.8. The molecule has 2 N–H and O–H groups in total. The Kier molecular flexibility index (Phi) is 7.85. The van der Waals surface area contributed by atoms with E-state index in [2.05, 4.69) is 34.2 Å². The summed E-state index contributed by atoms with van der Waals surface area (Å²) in [7, 11) is 1.89. The third-order valence-corrected chi connectivity index (χ3v) is 4.98. The van der Waals surface area contributed by atoms with E-state index in [4.69, 9.17) is 0 Å². The van der Waals surface area contributed by atoms with Gasteiger partial charge in [0.05, 0.1) is 7.05 Å². The third kappa shape index (κ3) is 5.95. The minimum atomic E-state index is -0.0807. The van der Waals surface area contributed by atoms with Gasteiger partial charge in [-0.25, -0.2) is 0 Å². The quantitative estimate of drug-likeness (QED) is 0.675. The highest BCUT2D eigenvalue weighted by Gasteiger charge is 2.23. The van der Waals surface area contributed by atoms with Crippen molar-refractivity contribution in [2.75, 3.05) is 32.0 Å². The average molecular weight is 423 g/mol. The second-order valence-electron chi connectivity index (χ2n) is 6.95. The molecule has 2 rings (SSSR count). The van der Waals surface area contributed by atoms with Crippen molar-refractivity contribution in [1.29, 1.82) is 0 Å². The maximum Gasteiger partial charge on any atom is 0.281 e. The second-order valence-corrected chi connectivity index (χ2v) is 7.87. The van der Waals surface area contributed by atoms with Crippen LogP contribution in [-0.2, 0) is 9.59 Å². The number of rotatable bonds is 8. The van der Waals surface area contributed by atoms with Crippen molar-refractivity contribution in [1.82, 2.24) is 4.90 Å². The number of anilines is 1. The van der Waals surface area contributed by atoms with Gasteiger partial charge in [0.2, 0.25) is 0 Å². The molecule has 6 heteroatoms. The van der Waals surface area contributed by atoms with Crippen LogP contribution < -0.4 is 10.2 Å². The molecule has 0 bridgehead atoms. The normalized spacial score (nSPS) is 14.7. The number of allylic oxidation sites excluding steroid dienone is 2. The first kappa shape index (κ1) is 20.6. The molecule has 0 saturated carbocycles. The Labute approximate surface area is 164 Å². The molecule has 26 heavy (non-hydrogen) atoms. The highest BCUT2D eigenvalue weighted by atomic mass is 79.9. The smallest absolute Gasteiger partial charge is 0.281 e. The molecule has 0 aliphatic heterocycles. The van der Waals surface area contributed by atoms with Gasteiger partial charge < -0.3 is 15.1 Å². The van der Waals surface area contributed by atoms with Crippen LogP contribution >= 0.6 is 15.9 Å². The van der Waals surface area contributed by atoms with Crippen LogP contribution in [0, 0.1) is 6.92 Å². The predicted molar refractivity (Wildman–Crippen MR) is 108 cm³/mol. The number of quaternary nitrogens is 1. The summed E-state index contributed by atoms with van der Waals surface area (Å²) < 4.78 is 0.985. The summed E-state index contributed by atoms with van der Waals surface area (Å²) in [5.41, 5.74) is 2.96. The Morgan fingerprint density at radius 1 is 1.31 bits per heavy atom. The summed E-state index contributed by atoms with van der Waals surface area (Å²) in [6.45, 7) is 5.38. The van der Waals surface area contributed by atoms with Gasteiger partial charge in [0.25, 0.3) is 11.8 Å². The summed E-state index contributed by atoms with van der Waals surface area (Å²) >= 11 is 3.42. The molecule has 0 aromatic heterocycles. The summed E-state index contributed by atoms with van der Waals surface area (Å²) in [5, 5.41) is 2.93. The highest BCUT2D eigenvalue weighted by molar-refractivity contribution is 9.10. The third-order valence-electron chi connectivity index (χ3n) is 4.49. The zero-order valence-electron chi connectivity index (χ0n) is 15.9. The summed E-state index contributed by atoms with van der Waals surface area (Å²) in [5.74, 6) is 0.0213. The number of halogens is 1. The fourth-order valence-corrected chi connectivity index (χ4v) is 3.68. The van der Waals surface area contributed by atoms with E-state index in [1.807, 2.05) is 37.1 Å². The monoisotopic (exact) mass is 422 g/mol. The number of aryl methyl sites for hydroxylation is 1. The fourth-order valence-electron chi connectivity index (χ4n) is 3.20. The van der Waals surface area contributed by atoms with E-state index in [0.717, 1.165) is 58.5 Å². The molecule has 142 valence electrons. The fraction of sp³-hybridized carbons (Fsp3) is 0.500. The molecule has 0 spiro atoms. The Morgan fingerprint density at radius 3 is 2.69 bits per heavy atom. The minimum Gasteiger partial charge on any atom is -0.322 e. The number of hydrogen-bond donors (Lipinski definition) is 2. The largest absolute Gasteiger partial charge is 0.322 e. The number of amides is 2. The molecule has 5 nitrogen and oxygen atoms in total. The molecule has 1 aliphatic carbocycles. The Hall–Kier alpha value is -1.66. The van der Waals surface area contributed by atoms with E-state index < -0.39 is 0 Å². The lowest BCUT2D eigenvalue weighted by Crippen LogP contribution is -3.11. The minimum absolute atomic E-state index is 0.0807. The standard InChI is InChI=1S/C20H28BrN3O2/c1-4-11-24(17-7-5-6-8-17)20(26)14-23(3)13-19(25)22-18-10-9-16(21)12-15(18)2/h7,9-10,12H,4-6,8,11,13-14H2,1-3H3,(H,22,25)/p+1. The van der Waals surface area contributed by atoms with Crippen LogP contribution in [0.5, 0.6) is 0 Å². The molecule has 0 fully saturated rings. The summed E-state index contributed by atoms with van der Waals surface area (Å²) in [6, 6.07) is 5.75. The van der Waals surface area contributed by atoms with Crippen molar-refractivity contribution in [2.24, 2.45) is 0 Å². The molecule has 0 saturated heterocycles. The topological polar surface area (TPSA) is 53.9 Å². The van der Waals surface area contributed by atoms with E-state index in [1.165, 1.54) is 0 Å². The van der Waals surface area contributed by atoms with Gasteiger partial charge in [0, 0.05) is 22.4 Å². The number of carbonyl (C=O) groups is 2. The maximum absolute atomic E-state index is 12.7. The number of carbonyl (C=O) groups excluding carboxylic acids is 2. The van der Waals surface area contributed by atoms with Gasteiger partial charge in [-0.3, -0.25) is 9.59 Å². The molecule has 0 heterocycles. The first-order valence-electron chi connectivity index (χ1n) is 9.27. The molecule has 2 amide bonds. The second kappa shape index (κ2) is 9.88. The molecule has 1 aromatic rings. The SMILES string of the molecule is CCCN(C(=O)C[NH+](C)CC(=O)Nc1ccc(Br)cc1C)C1=CCCC1. The van der Waals surface area contributed by atoms with Gasteiger partial charge in [-0.1, -0.05) is 28.9 Å². The molecule has 1 unspecified atom stereocenters. The van der Waals surface area contributed by atoms with Crippen molar-refractivity contribution >= 4 is 33.4 Å². The lowest BCUT2D eigenvalue weighted by atomic mass is 10.2.